The van der Waals surface area contributed by atoms with Crippen molar-refractivity contribution in [1.29, 1.82) is 0 Å². The number of aromatic nitrogens is 2. The fourth-order valence-corrected chi connectivity index (χ4v) is 2.47. The predicted molar refractivity (Wildman–Crippen MR) is 70.8 cm³/mol. The van der Waals surface area contributed by atoms with Crippen molar-refractivity contribution in [2.24, 2.45) is 5.92 Å². The van der Waals surface area contributed by atoms with E-state index in [1.54, 1.807) is 17.0 Å². The van der Waals surface area contributed by atoms with Gasteiger partial charge in [0, 0.05) is 25.5 Å². The zero-order chi connectivity index (χ0) is 13.1. The standard InChI is InChI=1S/C13H21N3O2/c1-10(2)8-15-7-5-14-12(13(15)18)16-6-3-4-11(16)9-17/h5,7,10-11,17H,3-4,6,8-9H2,1-2H3. The molecule has 0 radical (unpaired) electrons. The fourth-order valence-electron chi connectivity index (χ4n) is 2.47. The van der Waals surface area contributed by atoms with Crippen molar-refractivity contribution < 1.29 is 5.11 Å². The Bertz CT molecular complexity index is 456. The van der Waals surface area contributed by atoms with Crippen LogP contribution in [0.25, 0.3) is 0 Å². The third-order valence-electron chi connectivity index (χ3n) is 3.32. The molecule has 1 atom stereocenters. The Hall–Kier alpha value is -1.36. The first-order valence-corrected chi connectivity index (χ1v) is 6.56. The number of rotatable bonds is 4. The maximum atomic E-state index is 12.3. The van der Waals surface area contributed by atoms with Crippen LogP contribution in [0.15, 0.2) is 17.2 Å². The van der Waals surface area contributed by atoms with Gasteiger partial charge < -0.3 is 14.6 Å². The van der Waals surface area contributed by atoms with Crippen LogP contribution in [-0.2, 0) is 6.54 Å². The second-order valence-corrected chi connectivity index (χ2v) is 5.27. The Morgan fingerprint density at radius 1 is 1.56 bits per heavy atom. The predicted octanol–water partition coefficient (Wildman–Crippen LogP) is 0.860. The molecular weight excluding hydrogens is 230 g/mol. The summed E-state index contributed by atoms with van der Waals surface area (Å²) < 4.78 is 1.71. The van der Waals surface area contributed by atoms with Gasteiger partial charge in [0.25, 0.3) is 5.56 Å². The van der Waals surface area contributed by atoms with Gasteiger partial charge in [0.2, 0.25) is 0 Å². The molecule has 1 aromatic heterocycles. The Morgan fingerprint density at radius 2 is 2.33 bits per heavy atom. The first kappa shape index (κ1) is 13.1. The smallest absolute Gasteiger partial charge is 0.293 e. The zero-order valence-corrected chi connectivity index (χ0v) is 11.0. The molecule has 0 bridgehead atoms. The van der Waals surface area contributed by atoms with Crippen LogP contribution < -0.4 is 10.5 Å². The van der Waals surface area contributed by atoms with E-state index in [0.717, 1.165) is 19.4 Å². The van der Waals surface area contributed by atoms with Crippen LogP contribution in [0.1, 0.15) is 26.7 Å². The van der Waals surface area contributed by atoms with Crippen molar-refractivity contribution in [1.82, 2.24) is 9.55 Å². The minimum Gasteiger partial charge on any atom is -0.394 e. The van der Waals surface area contributed by atoms with Crippen LogP contribution in [0.3, 0.4) is 0 Å². The van der Waals surface area contributed by atoms with Gasteiger partial charge in [0.15, 0.2) is 5.82 Å². The molecule has 100 valence electrons. The maximum Gasteiger partial charge on any atom is 0.293 e. The minimum absolute atomic E-state index is 0.0418. The molecule has 0 aromatic carbocycles. The van der Waals surface area contributed by atoms with Crippen LogP contribution in [0.4, 0.5) is 5.82 Å². The second-order valence-electron chi connectivity index (χ2n) is 5.27. The number of anilines is 1. The van der Waals surface area contributed by atoms with E-state index in [9.17, 15) is 9.90 Å². The van der Waals surface area contributed by atoms with Crippen LogP contribution >= 0.6 is 0 Å². The number of aliphatic hydroxyl groups is 1. The first-order chi connectivity index (χ1) is 8.63. The van der Waals surface area contributed by atoms with Crippen LogP contribution in [0, 0.1) is 5.92 Å². The average Bonchev–Trinajstić information content (AvgIpc) is 2.79. The molecule has 5 nitrogen and oxygen atoms in total. The largest absolute Gasteiger partial charge is 0.394 e. The van der Waals surface area contributed by atoms with Gasteiger partial charge in [-0.05, 0) is 18.8 Å². The summed E-state index contributed by atoms with van der Waals surface area (Å²) in [6, 6.07) is 0.0418. The number of nitrogens with zero attached hydrogens (tertiary/aromatic N) is 3. The zero-order valence-electron chi connectivity index (χ0n) is 11.0. The summed E-state index contributed by atoms with van der Waals surface area (Å²) in [5.41, 5.74) is -0.0495. The van der Waals surface area contributed by atoms with Crippen molar-refractivity contribution in [2.45, 2.75) is 39.3 Å². The second kappa shape index (κ2) is 5.52. The van der Waals surface area contributed by atoms with Crippen molar-refractivity contribution in [3.63, 3.8) is 0 Å². The Labute approximate surface area is 107 Å². The van der Waals surface area contributed by atoms with E-state index in [0.29, 0.717) is 18.3 Å². The molecule has 2 heterocycles. The summed E-state index contributed by atoms with van der Waals surface area (Å²) in [7, 11) is 0. The Morgan fingerprint density at radius 3 is 3.00 bits per heavy atom. The normalized spacial score (nSPS) is 19.8. The fraction of sp³-hybridized carbons (Fsp3) is 0.692. The highest BCUT2D eigenvalue weighted by molar-refractivity contribution is 5.38. The van der Waals surface area contributed by atoms with Crippen molar-refractivity contribution in [2.75, 3.05) is 18.1 Å². The SMILES string of the molecule is CC(C)Cn1ccnc(N2CCCC2CO)c1=O. The Kier molecular flexibility index (Phi) is 4.01. The van der Waals surface area contributed by atoms with Crippen LogP contribution in [0.2, 0.25) is 0 Å². The summed E-state index contributed by atoms with van der Waals surface area (Å²) in [5, 5.41) is 9.33. The van der Waals surface area contributed by atoms with Gasteiger partial charge in [-0.25, -0.2) is 4.98 Å². The van der Waals surface area contributed by atoms with Gasteiger partial charge in [0.05, 0.1) is 12.6 Å². The van der Waals surface area contributed by atoms with E-state index in [1.807, 2.05) is 4.90 Å². The van der Waals surface area contributed by atoms with Crippen LogP contribution in [0.5, 0.6) is 0 Å². The monoisotopic (exact) mass is 251 g/mol. The van der Waals surface area contributed by atoms with E-state index in [4.69, 9.17) is 0 Å². The van der Waals surface area contributed by atoms with E-state index in [-0.39, 0.29) is 18.2 Å². The van der Waals surface area contributed by atoms with Crippen LogP contribution in [-0.4, -0.2) is 33.9 Å². The van der Waals surface area contributed by atoms with E-state index in [2.05, 4.69) is 18.8 Å². The van der Waals surface area contributed by atoms with Gasteiger partial charge in [-0.1, -0.05) is 13.8 Å². The molecule has 2 rings (SSSR count). The molecule has 1 unspecified atom stereocenters. The molecule has 0 saturated carbocycles. The minimum atomic E-state index is -0.0495. The highest BCUT2D eigenvalue weighted by Gasteiger charge is 2.27. The molecule has 1 N–H and O–H groups in total. The van der Waals surface area contributed by atoms with Gasteiger partial charge >= 0.3 is 0 Å². The van der Waals surface area contributed by atoms with Gasteiger partial charge in [-0.15, -0.1) is 0 Å². The van der Waals surface area contributed by atoms with Crippen molar-refractivity contribution in [3.05, 3.63) is 22.7 Å². The summed E-state index contributed by atoms with van der Waals surface area (Å²) >= 11 is 0. The molecule has 1 aliphatic rings. The lowest BCUT2D eigenvalue weighted by Gasteiger charge is -2.23. The van der Waals surface area contributed by atoms with Gasteiger partial charge in [0.1, 0.15) is 0 Å². The number of hydrogen-bond acceptors (Lipinski definition) is 4. The van der Waals surface area contributed by atoms with Crippen molar-refractivity contribution >= 4 is 5.82 Å². The highest BCUT2D eigenvalue weighted by atomic mass is 16.3. The Balaban J connectivity index is 2.31. The lowest BCUT2D eigenvalue weighted by Crippen LogP contribution is -2.38. The molecule has 1 aromatic rings. The van der Waals surface area contributed by atoms with Gasteiger partial charge in [-0.3, -0.25) is 4.79 Å². The third-order valence-corrected chi connectivity index (χ3v) is 3.32. The third kappa shape index (κ3) is 2.56. The number of aliphatic hydroxyl groups excluding tert-OH is 1. The van der Waals surface area contributed by atoms with E-state index >= 15 is 0 Å². The molecule has 0 spiro atoms. The molecule has 1 fully saturated rings. The maximum absolute atomic E-state index is 12.3. The molecule has 1 aliphatic heterocycles. The number of hydrogen-bond donors (Lipinski definition) is 1. The lowest BCUT2D eigenvalue weighted by molar-refractivity contribution is 0.265. The molecule has 0 amide bonds. The van der Waals surface area contributed by atoms with Crippen molar-refractivity contribution in [3.8, 4) is 0 Å². The van der Waals surface area contributed by atoms with Gasteiger partial charge in [-0.2, -0.15) is 0 Å². The summed E-state index contributed by atoms with van der Waals surface area (Å²) in [4.78, 5) is 18.5. The average molecular weight is 251 g/mol. The lowest BCUT2D eigenvalue weighted by atomic mass is 10.2. The summed E-state index contributed by atoms with van der Waals surface area (Å²) in [5.74, 6) is 0.903. The molecule has 1 saturated heterocycles. The summed E-state index contributed by atoms with van der Waals surface area (Å²) in [6.45, 7) is 5.75. The highest BCUT2D eigenvalue weighted by Crippen LogP contribution is 2.20. The first-order valence-electron chi connectivity index (χ1n) is 6.56. The quantitative estimate of drug-likeness (QED) is 0.862. The molecule has 18 heavy (non-hydrogen) atoms. The van der Waals surface area contributed by atoms with E-state index < -0.39 is 0 Å². The molecule has 0 aliphatic carbocycles. The summed E-state index contributed by atoms with van der Waals surface area (Å²) in [6.07, 6.45) is 5.34. The molecular formula is C13H21N3O2. The topological polar surface area (TPSA) is 58.4 Å². The van der Waals surface area contributed by atoms with E-state index in [1.165, 1.54) is 0 Å². The molecule has 5 heteroatoms.